The summed E-state index contributed by atoms with van der Waals surface area (Å²) in [6, 6.07) is 3.77. The van der Waals surface area contributed by atoms with Gasteiger partial charge >= 0.3 is 0 Å². The van der Waals surface area contributed by atoms with Crippen LogP contribution in [0.2, 0.25) is 0 Å². The van der Waals surface area contributed by atoms with Gasteiger partial charge in [-0.2, -0.15) is 0 Å². The van der Waals surface area contributed by atoms with Gasteiger partial charge in [0.05, 0.1) is 0 Å². The van der Waals surface area contributed by atoms with E-state index in [2.05, 4.69) is 5.32 Å². The molecule has 0 saturated carbocycles. The summed E-state index contributed by atoms with van der Waals surface area (Å²) < 4.78 is 31.3. The minimum atomic E-state index is -0.570. The minimum Gasteiger partial charge on any atom is -0.385 e. The maximum atomic E-state index is 13.2. The molecule has 1 aromatic rings. The van der Waals surface area contributed by atoms with E-state index >= 15 is 0 Å². The molecule has 0 aliphatic carbocycles. The first-order chi connectivity index (χ1) is 7.15. The number of methoxy groups -OCH3 is 1. The first-order valence-corrected chi connectivity index (χ1v) is 4.84. The van der Waals surface area contributed by atoms with Crippen LogP contribution in [0.1, 0.15) is 13.3 Å². The number of rotatable bonds is 5. The molecule has 1 unspecified atom stereocenters. The first-order valence-electron chi connectivity index (χ1n) is 4.84. The summed E-state index contributed by atoms with van der Waals surface area (Å²) in [5, 5.41) is 2.78. The highest BCUT2D eigenvalue weighted by Crippen LogP contribution is 2.19. The van der Waals surface area contributed by atoms with Gasteiger partial charge < -0.3 is 10.1 Å². The zero-order valence-corrected chi connectivity index (χ0v) is 8.89. The second-order valence-electron chi connectivity index (χ2n) is 3.42. The highest BCUT2D eigenvalue weighted by molar-refractivity contribution is 5.46. The molecule has 0 heterocycles. The van der Waals surface area contributed by atoms with Gasteiger partial charge in [-0.05, 0) is 25.5 Å². The Kier molecular flexibility index (Phi) is 4.49. The Balaban J connectivity index is 2.63. The molecule has 1 rings (SSSR count). The van der Waals surface area contributed by atoms with E-state index in [1.165, 1.54) is 18.2 Å². The predicted octanol–water partition coefficient (Wildman–Crippen LogP) is 2.80. The zero-order valence-electron chi connectivity index (χ0n) is 8.89. The summed E-state index contributed by atoms with van der Waals surface area (Å²) in [7, 11) is 1.59. The van der Waals surface area contributed by atoms with Crippen LogP contribution in [-0.2, 0) is 4.74 Å². The Morgan fingerprint density at radius 2 is 1.93 bits per heavy atom. The largest absolute Gasteiger partial charge is 0.385 e. The summed E-state index contributed by atoms with van der Waals surface area (Å²) in [4.78, 5) is 0. The summed E-state index contributed by atoms with van der Waals surface area (Å²) >= 11 is 0. The normalized spacial score (nSPS) is 12.5. The van der Waals surface area contributed by atoms with E-state index in [1.54, 1.807) is 7.11 Å². The van der Waals surface area contributed by atoms with Crippen molar-refractivity contribution in [1.29, 1.82) is 0 Å². The van der Waals surface area contributed by atoms with Crippen LogP contribution in [0.3, 0.4) is 0 Å². The van der Waals surface area contributed by atoms with E-state index in [9.17, 15) is 8.78 Å². The van der Waals surface area contributed by atoms with Crippen LogP contribution in [0, 0.1) is 11.6 Å². The number of benzene rings is 1. The van der Waals surface area contributed by atoms with Gasteiger partial charge in [0, 0.05) is 19.8 Å². The lowest BCUT2D eigenvalue weighted by Crippen LogP contribution is -2.18. The lowest BCUT2D eigenvalue weighted by molar-refractivity contribution is 0.191. The minimum absolute atomic E-state index is 0.0312. The average Bonchev–Trinajstić information content (AvgIpc) is 2.21. The Morgan fingerprint density at radius 1 is 1.33 bits per heavy atom. The highest BCUT2D eigenvalue weighted by atomic mass is 19.1. The molecule has 1 atom stereocenters. The quantitative estimate of drug-likeness (QED) is 0.815. The molecule has 0 amide bonds. The SMILES string of the molecule is COCCC(C)Nc1c(F)cccc1F. The topological polar surface area (TPSA) is 21.3 Å². The average molecular weight is 215 g/mol. The smallest absolute Gasteiger partial charge is 0.149 e. The van der Waals surface area contributed by atoms with Gasteiger partial charge in [-0.25, -0.2) is 8.78 Å². The van der Waals surface area contributed by atoms with Crippen molar-refractivity contribution in [3.05, 3.63) is 29.8 Å². The van der Waals surface area contributed by atoms with E-state index in [0.717, 1.165) is 0 Å². The fourth-order valence-corrected chi connectivity index (χ4v) is 1.25. The summed E-state index contributed by atoms with van der Waals surface area (Å²) in [6.45, 7) is 2.41. The molecule has 0 bridgehead atoms. The molecular formula is C11H15F2NO. The molecule has 0 aromatic heterocycles. The van der Waals surface area contributed by atoms with E-state index < -0.39 is 11.6 Å². The number of hydrogen-bond donors (Lipinski definition) is 1. The third kappa shape index (κ3) is 3.47. The third-order valence-corrected chi connectivity index (χ3v) is 2.11. The molecule has 84 valence electrons. The van der Waals surface area contributed by atoms with Crippen LogP contribution in [0.25, 0.3) is 0 Å². The molecule has 2 nitrogen and oxygen atoms in total. The van der Waals surface area contributed by atoms with Crippen LogP contribution in [0.5, 0.6) is 0 Å². The molecule has 0 saturated heterocycles. The van der Waals surface area contributed by atoms with Gasteiger partial charge in [0.1, 0.15) is 17.3 Å². The molecule has 0 aliphatic rings. The van der Waals surface area contributed by atoms with E-state index in [-0.39, 0.29) is 11.7 Å². The second kappa shape index (κ2) is 5.66. The van der Waals surface area contributed by atoms with Gasteiger partial charge in [-0.15, -0.1) is 0 Å². The number of hydrogen-bond acceptors (Lipinski definition) is 2. The fourth-order valence-electron chi connectivity index (χ4n) is 1.25. The standard InChI is InChI=1S/C11H15F2NO/c1-8(6-7-15-2)14-11-9(12)4-3-5-10(11)13/h3-5,8,14H,6-7H2,1-2H3. The van der Waals surface area contributed by atoms with Gasteiger partial charge in [-0.1, -0.05) is 6.07 Å². The van der Waals surface area contributed by atoms with Crippen LogP contribution >= 0.6 is 0 Å². The van der Waals surface area contributed by atoms with Crippen molar-refractivity contribution in [3.8, 4) is 0 Å². The second-order valence-corrected chi connectivity index (χ2v) is 3.42. The van der Waals surface area contributed by atoms with Crippen LogP contribution in [0.15, 0.2) is 18.2 Å². The molecule has 1 N–H and O–H groups in total. The van der Waals surface area contributed by atoms with Crippen LogP contribution in [0.4, 0.5) is 14.5 Å². The van der Waals surface area contributed by atoms with Crippen molar-refractivity contribution < 1.29 is 13.5 Å². The number of para-hydroxylation sites is 1. The Bertz CT molecular complexity index is 297. The van der Waals surface area contributed by atoms with Gasteiger partial charge in [-0.3, -0.25) is 0 Å². The fraction of sp³-hybridized carbons (Fsp3) is 0.455. The van der Waals surface area contributed by atoms with Crippen LogP contribution < -0.4 is 5.32 Å². The highest BCUT2D eigenvalue weighted by Gasteiger charge is 2.10. The maximum Gasteiger partial charge on any atom is 0.149 e. The molecular weight excluding hydrogens is 200 g/mol. The Labute approximate surface area is 88.3 Å². The van der Waals surface area contributed by atoms with Gasteiger partial charge in [0.25, 0.3) is 0 Å². The van der Waals surface area contributed by atoms with Crippen molar-refractivity contribution in [2.24, 2.45) is 0 Å². The van der Waals surface area contributed by atoms with Crippen molar-refractivity contribution in [3.63, 3.8) is 0 Å². The summed E-state index contributed by atoms with van der Waals surface area (Å²) in [5.41, 5.74) is -0.0684. The first kappa shape index (κ1) is 11.9. The number of ether oxygens (including phenoxy) is 1. The molecule has 0 radical (unpaired) electrons. The number of nitrogens with one attached hydrogen (secondary N) is 1. The lowest BCUT2D eigenvalue weighted by Gasteiger charge is -2.15. The van der Waals surface area contributed by atoms with Crippen LogP contribution in [-0.4, -0.2) is 19.8 Å². The van der Waals surface area contributed by atoms with E-state index in [4.69, 9.17) is 4.74 Å². The number of anilines is 1. The molecule has 0 fully saturated rings. The number of halogens is 2. The molecule has 0 spiro atoms. The summed E-state index contributed by atoms with van der Waals surface area (Å²) in [6.07, 6.45) is 0.699. The third-order valence-electron chi connectivity index (χ3n) is 2.11. The van der Waals surface area contributed by atoms with Crippen molar-refractivity contribution in [2.45, 2.75) is 19.4 Å². The van der Waals surface area contributed by atoms with Crippen molar-refractivity contribution >= 4 is 5.69 Å². The van der Waals surface area contributed by atoms with Gasteiger partial charge in [0.15, 0.2) is 0 Å². The molecule has 4 heteroatoms. The maximum absolute atomic E-state index is 13.2. The van der Waals surface area contributed by atoms with Crippen molar-refractivity contribution in [1.82, 2.24) is 0 Å². The lowest BCUT2D eigenvalue weighted by atomic mass is 10.2. The molecule has 0 aliphatic heterocycles. The Hall–Kier alpha value is -1.16. The van der Waals surface area contributed by atoms with Crippen molar-refractivity contribution in [2.75, 3.05) is 19.0 Å². The monoisotopic (exact) mass is 215 g/mol. The summed E-state index contributed by atoms with van der Waals surface area (Å²) in [5.74, 6) is -1.14. The molecule has 15 heavy (non-hydrogen) atoms. The van der Waals surface area contributed by atoms with Gasteiger partial charge in [0.2, 0.25) is 0 Å². The van der Waals surface area contributed by atoms with E-state index in [1.807, 2.05) is 6.92 Å². The molecule has 1 aromatic carbocycles. The Morgan fingerprint density at radius 3 is 2.47 bits per heavy atom. The van der Waals surface area contributed by atoms with E-state index in [0.29, 0.717) is 13.0 Å². The predicted molar refractivity (Wildman–Crippen MR) is 55.9 cm³/mol. The zero-order chi connectivity index (χ0) is 11.3.